The van der Waals surface area contributed by atoms with E-state index >= 15 is 0 Å². The molecule has 1 aromatic carbocycles. The summed E-state index contributed by atoms with van der Waals surface area (Å²) < 4.78 is 32.1. The summed E-state index contributed by atoms with van der Waals surface area (Å²) >= 11 is 0. The lowest BCUT2D eigenvalue weighted by molar-refractivity contribution is 0.184. The van der Waals surface area contributed by atoms with Gasteiger partial charge in [0.2, 0.25) is 10.0 Å². The zero-order valence-electron chi connectivity index (χ0n) is 11.7. The van der Waals surface area contributed by atoms with E-state index in [0.29, 0.717) is 18.0 Å². The second kappa shape index (κ2) is 7.57. The van der Waals surface area contributed by atoms with Crippen molar-refractivity contribution in [3.05, 3.63) is 29.8 Å². The SMILES string of the molecule is O=S(=O)(NCCC1CCOC1)c1ccc(C#CCO)cc1. The third-order valence-corrected chi connectivity index (χ3v) is 4.82. The molecule has 1 aliphatic heterocycles. The van der Waals surface area contributed by atoms with E-state index in [-0.39, 0.29) is 11.5 Å². The Hall–Kier alpha value is -1.39. The minimum absolute atomic E-state index is 0.216. The average molecular weight is 309 g/mol. The number of aliphatic hydroxyl groups is 1. The largest absolute Gasteiger partial charge is 0.384 e. The highest BCUT2D eigenvalue weighted by Crippen LogP contribution is 2.16. The monoisotopic (exact) mass is 309 g/mol. The van der Waals surface area contributed by atoms with Gasteiger partial charge < -0.3 is 9.84 Å². The van der Waals surface area contributed by atoms with Gasteiger partial charge in [-0.2, -0.15) is 0 Å². The van der Waals surface area contributed by atoms with Crippen LogP contribution in [-0.4, -0.2) is 39.9 Å². The maximum Gasteiger partial charge on any atom is 0.240 e. The fourth-order valence-corrected chi connectivity index (χ4v) is 3.20. The van der Waals surface area contributed by atoms with Crippen molar-refractivity contribution in [2.75, 3.05) is 26.4 Å². The molecule has 1 heterocycles. The summed E-state index contributed by atoms with van der Waals surface area (Å²) in [6, 6.07) is 6.29. The molecular formula is C15H19NO4S. The Morgan fingerprint density at radius 2 is 2.10 bits per heavy atom. The first-order valence-corrected chi connectivity index (χ1v) is 8.37. The molecule has 0 spiro atoms. The molecule has 0 aliphatic carbocycles. The second-order valence-corrected chi connectivity index (χ2v) is 6.67. The quantitative estimate of drug-likeness (QED) is 0.787. The van der Waals surface area contributed by atoms with E-state index in [4.69, 9.17) is 9.84 Å². The van der Waals surface area contributed by atoms with Crippen molar-refractivity contribution in [3.8, 4) is 11.8 Å². The van der Waals surface area contributed by atoms with Gasteiger partial charge in [0.05, 0.1) is 4.90 Å². The fraction of sp³-hybridized carbons (Fsp3) is 0.467. The molecule has 1 aromatic rings. The lowest BCUT2D eigenvalue weighted by atomic mass is 10.1. The molecule has 6 heteroatoms. The Kier molecular flexibility index (Phi) is 5.76. The Morgan fingerprint density at radius 1 is 1.33 bits per heavy atom. The first-order chi connectivity index (χ1) is 10.1. The third-order valence-electron chi connectivity index (χ3n) is 3.35. The van der Waals surface area contributed by atoms with Crippen LogP contribution in [0.5, 0.6) is 0 Å². The summed E-state index contributed by atoms with van der Waals surface area (Å²) in [5.74, 6) is 5.69. The summed E-state index contributed by atoms with van der Waals surface area (Å²) in [4.78, 5) is 0.222. The van der Waals surface area contributed by atoms with Crippen LogP contribution in [0.2, 0.25) is 0 Å². The maximum atomic E-state index is 12.1. The van der Waals surface area contributed by atoms with Crippen LogP contribution in [0, 0.1) is 17.8 Å². The number of rotatable bonds is 5. The van der Waals surface area contributed by atoms with Gasteiger partial charge >= 0.3 is 0 Å². The number of benzene rings is 1. The zero-order chi connectivity index (χ0) is 15.1. The molecule has 1 saturated heterocycles. The first-order valence-electron chi connectivity index (χ1n) is 6.89. The van der Waals surface area contributed by atoms with E-state index in [0.717, 1.165) is 26.1 Å². The van der Waals surface area contributed by atoms with E-state index in [1.54, 1.807) is 12.1 Å². The maximum absolute atomic E-state index is 12.1. The Labute approximate surface area is 125 Å². The molecule has 1 unspecified atom stereocenters. The Balaban J connectivity index is 1.91. The van der Waals surface area contributed by atoms with Crippen molar-refractivity contribution >= 4 is 10.0 Å². The number of aliphatic hydroxyl groups excluding tert-OH is 1. The van der Waals surface area contributed by atoms with E-state index in [1.807, 2.05) is 0 Å². The van der Waals surface area contributed by atoms with Crippen LogP contribution < -0.4 is 4.72 Å². The fourth-order valence-electron chi connectivity index (χ4n) is 2.15. The highest BCUT2D eigenvalue weighted by molar-refractivity contribution is 7.89. The molecule has 2 N–H and O–H groups in total. The summed E-state index contributed by atoms with van der Waals surface area (Å²) in [6.45, 7) is 1.70. The summed E-state index contributed by atoms with van der Waals surface area (Å²) in [5.41, 5.74) is 0.672. The summed E-state index contributed by atoms with van der Waals surface area (Å²) in [5, 5.41) is 8.61. The predicted octanol–water partition coefficient (Wildman–Crippen LogP) is 0.735. The number of hydrogen-bond acceptors (Lipinski definition) is 4. The molecule has 1 fully saturated rings. The van der Waals surface area contributed by atoms with Gasteiger partial charge in [0.25, 0.3) is 0 Å². The number of hydrogen-bond donors (Lipinski definition) is 2. The van der Waals surface area contributed by atoms with Crippen LogP contribution in [0.4, 0.5) is 0 Å². The third kappa shape index (κ3) is 4.83. The van der Waals surface area contributed by atoms with Gasteiger partial charge in [-0.1, -0.05) is 11.8 Å². The molecular weight excluding hydrogens is 290 g/mol. The zero-order valence-corrected chi connectivity index (χ0v) is 12.5. The molecule has 0 saturated carbocycles. The molecule has 0 bridgehead atoms. The van der Waals surface area contributed by atoms with Crippen molar-refractivity contribution in [3.63, 3.8) is 0 Å². The van der Waals surface area contributed by atoms with Crippen molar-refractivity contribution in [1.29, 1.82) is 0 Å². The van der Waals surface area contributed by atoms with Crippen molar-refractivity contribution in [2.45, 2.75) is 17.7 Å². The molecule has 1 atom stereocenters. The molecule has 5 nitrogen and oxygen atoms in total. The van der Waals surface area contributed by atoms with E-state index in [9.17, 15) is 8.42 Å². The summed E-state index contributed by atoms with van der Waals surface area (Å²) in [7, 11) is -3.48. The molecule has 114 valence electrons. The first kappa shape index (κ1) is 16.0. The molecule has 0 radical (unpaired) electrons. The highest BCUT2D eigenvalue weighted by Gasteiger charge is 2.18. The van der Waals surface area contributed by atoms with Crippen LogP contribution in [0.15, 0.2) is 29.2 Å². The van der Waals surface area contributed by atoms with E-state index < -0.39 is 10.0 Å². The molecule has 21 heavy (non-hydrogen) atoms. The molecule has 0 aromatic heterocycles. The van der Waals surface area contributed by atoms with Crippen LogP contribution in [-0.2, 0) is 14.8 Å². The molecule has 2 rings (SSSR count). The standard InChI is InChI=1S/C15H19NO4S/c17-10-1-2-13-3-5-15(6-4-13)21(18,19)16-9-7-14-8-11-20-12-14/h3-6,14,16-17H,7-12H2. The van der Waals surface area contributed by atoms with Gasteiger partial charge in [-0.05, 0) is 43.0 Å². The van der Waals surface area contributed by atoms with E-state index in [1.165, 1.54) is 12.1 Å². The highest BCUT2D eigenvalue weighted by atomic mass is 32.2. The number of nitrogens with one attached hydrogen (secondary N) is 1. The van der Waals surface area contributed by atoms with Crippen LogP contribution in [0.1, 0.15) is 18.4 Å². The second-order valence-electron chi connectivity index (χ2n) is 4.90. The Morgan fingerprint density at radius 3 is 2.71 bits per heavy atom. The van der Waals surface area contributed by atoms with Gasteiger partial charge in [0.15, 0.2) is 0 Å². The Bertz CT molecular complexity index is 607. The van der Waals surface area contributed by atoms with Gasteiger partial charge in [-0.3, -0.25) is 0 Å². The smallest absolute Gasteiger partial charge is 0.240 e. The van der Waals surface area contributed by atoms with Crippen LogP contribution >= 0.6 is 0 Å². The number of ether oxygens (including phenoxy) is 1. The van der Waals surface area contributed by atoms with E-state index in [2.05, 4.69) is 16.6 Å². The average Bonchev–Trinajstić information content (AvgIpc) is 2.98. The molecule has 0 amide bonds. The lowest BCUT2D eigenvalue weighted by Gasteiger charge is -2.09. The van der Waals surface area contributed by atoms with Gasteiger partial charge in [-0.25, -0.2) is 13.1 Å². The van der Waals surface area contributed by atoms with Crippen LogP contribution in [0.3, 0.4) is 0 Å². The molecule has 1 aliphatic rings. The van der Waals surface area contributed by atoms with Crippen LogP contribution in [0.25, 0.3) is 0 Å². The minimum Gasteiger partial charge on any atom is -0.384 e. The lowest BCUT2D eigenvalue weighted by Crippen LogP contribution is -2.26. The van der Waals surface area contributed by atoms with Crippen molar-refractivity contribution in [2.24, 2.45) is 5.92 Å². The number of sulfonamides is 1. The summed E-state index contributed by atoms with van der Waals surface area (Å²) in [6.07, 6.45) is 1.79. The van der Waals surface area contributed by atoms with Gasteiger partial charge in [0.1, 0.15) is 6.61 Å². The predicted molar refractivity (Wildman–Crippen MR) is 79.1 cm³/mol. The van der Waals surface area contributed by atoms with Gasteiger partial charge in [-0.15, -0.1) is 0 Å². The van der Waals surface area contributed by atoms with Crippen molar-refractivity contribution in [1.82, 2.24) is 4.72 Å². The van der Waals surface area contributed by atoms with Crippen molar-refractivity contribution < 1.29 is 18.3 Å². The normalized spacial score (nSPS) is 18.2. The van der Waals surface area contributed by atoms with Gasteiger partial charge in [0, 0.05) is 25.3 Å². The minimum atomic E-state index is -3.48. The topological polar surface area (TPSA) is 75.6 Å².